The fourth-order valence-electron chi connectivity index (χ4n) is 1.61. The second-order valence-electron chi connectivity index (χ2n) is 3.60. The molecule has 0 spiro atoms. The van der Waals surface area contributed by atoms with E-state index in [1.807, 2.05) is 6.92 Å². The summed E-state index contributed by atoms with van der Waals surface area (Å²) in [6.45, 7) is 4.05. The Balaban J connectivity index is 2.34. The molecule has 0 bridgehead atoms. The molecule has 84 valence electrons. The fourth-order valence-corrected chi connectivity index (χ4v) is 2.02. The normalized spacial score (nSPS) is 10.7. The Hall–Kier alpha value is -1.22. The average molecular weight is 233 g/mol. The van der Waals surface area contributed by atoms with E-state index in [0.717, 1.165) is 29.3 Å². The molecule has 3 heteroatoms. The lowest BCUT2D eigenvalue weighted by Gasteiger charge is -1.97. The zero-order chi connectivity index (χ0) is 11.5. The first-order valence-corrected chi connectivity index (χ1v) is 6.57. The van der Waals surface area contributed by atoms with E-state index in [9.17, 15) is 0 Å². The number of aromatic nitrogens is 1. The molecule has 1 aromatic heterocycles. The minimum absolute atomic E-state index is 0.724. The SMILES string of the molecule is CCc1nc(-c2ccc(SC)cc2)oc1C. The molecule has 1 aromatic carbocycles. The van der Waals surface area contributed by atoms with Crippen LogP contribution >= 0.6 is 11.8 Å². The zero-order valence-electron chi connectivity index (χ0n) is 9.78. The lowest BCUT2D eigenvalue weighted by Crippen LogP contribution is -1.82. The van der Waals surface area contributed by atoms with Crippen LogP contribution in [0.5, 0.6) is 0 Å². The molecular weight excluding hydrogens is 218 g/mol. The highest BCUT2D eigenvalue weighted by Crippen LogP contribution is 2.24. The lowest BCUT2D eigenvalue weighted by molar-refractivity contribution is 0.539. The van der Waals surface area contributed by atoms with E-state index < -0.39 is 0 Å². The molecule has 0 N–H and O–H groups in total. The second kappa shape index (κ2) is 4.74. The minimum atomic E-state index is 0.724. The summed E-state index contributed by atoms with van der Waals surface area (Å²) in [5.41, 5.74) is 2.09. The molecule has 16 heavy (non-hydrogen) atoms. The van der Waals surface area contributed by atoms with Crippen LogP contribution in [-0.2, 0) is 6.42 Å². The molecule has 2 rings (SSSR count). The van der Waals surface area contributed by atoms with Crippen molar-refractivity contribution in [1.82, 2.24) is 4.98 Å². The maximum atomic E-state index is 5.65. The van der Waals surface area contributed by atoms with Gasteiger partial charge in [0.05, 0.1) is 5.69 Å². The molecule has 0 unspecified atom stereocenters. The van der Waals surface area contributed by atoms with E-state index >= 15 is 0 Å². The van der Waals surface area contributed by atoms with Gasteiger partial charge in [-0.25, -0.2) is 4.98 Å². The number of hydrogen-bond acceptors (Lipinski definition) is 3. The van der Waals surface area contributed by atoms with Gasteiger partial charge in [0, 0.05) is 10.5 Å². The highest BCUT2D eigenvalue weighted by Gasteiger charge is 2.09. The smallest absolute Gasteiger partial charge is 0.226 e. The van der Waals surface area contributed by atoms with Gasteiger partial charge in [-0.2, -0.15) is 0 Å². The van der Waals surface area contributed by atoms with Crippen molar-refractivity contribution >= 4 is 11.8 Å². The predicted octanol–water partition coefficient (Wildman–Crippen LogP) is 3.93. The van der Waals surface area contributed by atoms with E-state index in [0.29, 0.717) is 0 Å². The highest BCUT2D eigenvalue weighted by molar-refractivity contribution is 7.98. The van der Waals surface area contributed by atoms with Crippen molar-refractivity contribution in [1.29, 1.82) is 0 Å². The number of aryl methyl sites for hydroxylation is 2. The molecule has 2 nitrogen and oxygen atoms in total. The fraction of sp³-hybridized carbons (Fsp3) is 0.308. The Bertz CT molecular complexity index is 473. The second-order valence-corrected chi connectivity index (χ2v) is 4.48. The number of nitrogens with zero attached hydrogens (tertiary/aromatic N) is 1. The first-order chi connectivity index (χ1) is 7.74. The van der Waals surface area contributed by atoms with Gasteiger partial charge in [0.25, 0.3) is 0 Å². The monoisotopic (exact) mass is 233 g/mol. The van der Waals surface area contributed by atoms with Gasteiger partial charge in [0.1, 0.15) is 5.76 Å². The Morgan fingerprint density at radius 1 is 1.25 bits per heavy atom. The van der Waals surface area contributed by atoms with Crippen molar-refractivity contribution in [3.63, 3.8) is 0 Å². The Morgan fingerprint density at radius 2 is 1.94 bits per heavy atom. The molecule has 0 saturated heterocycles. The summed E-state index contributed by atoms with van der Waals surface area (Å²) in [5.74, 6) is 1.65. The first-order valence-electron chi connectivity index (χ1n) is 5.35. The van der Waals surface area contributed by atoms with Gasteiger partial charge in [-0.1, -0.05) is 6.92 Å². The summed E-state index contributed by atoms with van der Waals surface area (Å²) >= 11 is 1.73. The van der Waals surface area contributed by atoms with E-state index in [1.165, 1.54) is 4.90 Å². The van der Waals surface area contributed by atoms with Crippen molar-refractivity contribution in [3.05, 3.63) is 35.7 Å². The molecule has 2 aromatic rings. The largest absolute Gasteiger partial charge is 0.441 e. The molecule has 0 aliphatic carbocycles. The first kappa shape index (κ1) is 11.3. The van der Waals surface area contributed by atoms with Crippen LogP contribution in [0.3, 0.4) is 0 Å². The van der Waals surface area contributed by atoms with Crippen LogP contribution in [-0.4, -0.2) is 11.2 Å². The minimum Gasteiger partial charge on any atom is -0.441 e. The van der Waals surface area contributed by atoms with E-state index in [-0.39, 0.29) is 0 Å². The molecule has 0 amide bonds. The van der Waals surface area contributed by atoms with Gasteiger partial charge in [0.2, 0.25) is 5.89 Å². The van der Waals surface area contributed by atoms with Gasteiger partial charge in [-0.15, -0.1) is 11.8 Å². The Morgan fingerprint density at radius 3 is 2.44 bits per heavy atom. The summed E-state index contributed by atoms with van der Waals surface area (Å²) in [7, 11) is 0. The third-order valence-corrected chi connectivity index (χ3v) is 3.31. The highest BCUT2D eigenvalue weighted by atomic mass is 32.2. The summed E-state index contributed by atoms with van der Waals surface area (Å²) in [6.07, 6.45) is 2.98. The van der Waals surface area contributed by atoms with Crippen molar-refractivity contribution in [2.45, 2.75) is 25.2 Å². The number of thioether (sulfide) groups is 1. The maximum absolute atomic E-state index is 5.65. The van der Waals surface area contributed by atoms with Gasteiger partial charge in [-0.05, 0) is 43.9 Å². The standard InChI is InChI=1S/C13H15NOS/c1-4-12-9(2)15-13(14-12)10-5-7-11(16-3)8-6-10/h5-8H,4H2,1-3H3. The summed E-state index contributed by atoms with van der Waals surface area (Å²) in [6, 6.07) is 8.28. The van der Waals surface area contributed by atoms with Crippen molar-refractivity contribution in [2.75, 3.05) is 6.26 Å². The van der Waals surface area contributed by atoms with Crippen LogP contribution in [0, 0.1) is 6.92 Å². The van der Waals surface area contributed by atoms with E-state index in [1.54, 1.807) is 11.8 Å². The zero-order valence-corrected chi connectivity index (χ0v) is 10.6. The number of oxazole rings is 1. The van der Waals surface area contributed by atoms with Gasteiger partial charge >= 0.3 is 0 Å². The molecule has 0 saturated carbocycles. The van der Waals surface area contributed by atoms with Gasteiger partial charge in [0.15, 0.2) is 0 Å². The van der Waals surface area contributed by atoms with Crippen molar-refractivity contribution in [2.24, 2.45) is 0 Å². The van der Waals surface area contributed by atoms with Crippen LogP contribution in [0.2, 0.25) is 0 Å². The molecule has 0 aliphatic rings. The van der Waals surface area contributed by atoms with Crippen LogP contribution < -0.4 is 0 Å². The number of benzene rings is 1. The van der Waals surface area contributed by atoms with E-state index in [4.69, 9.17) is 4.42 Å². The third-order valence-electron chi connectivity index (χ3n) is 2.56. The maximum Gasteiger partial charge on any atom is 0.226 e. The molecule has 0 fully saturated rings. The van der Waals surface area contributed by atoms with Crippen molar-refractivity contribution in [3.8, 4) is 11.5 Å². The van der Waals surface area contributed by atoms with Gasteiger partial charge in [-0.3, -0.25) is 0 Å². The van der Waals surface area contributed by atoms with E-state index in [2.05, 4.69) is 42.4 Å². The van der Waals surface area contributed by atoms with Crippen LogP contribution in [0.1, 0.15) is 18.4 Å². The molecule has 0 atom stereocenters. The van der Waals surface area contributed by atoms with Crippen LogP contribution in [0.4, 0.5) is 0 Å². The lowest BCUT2D eigenvalue weighted by atomic mass is 10.2. The Kier molecular flexibility index (Phi) is 3.34. The average Bonchev–Trinajstić information content (AvgIpc) is 2.71. The molecule has 0 radical (unpaired) electrons. The number of hydrogen-bond donors (Lipinski definition) is 0. The number of rotatable bonds is 3. The van der Waals surface area contributed by atoms with Crippen LogP contribution in [0.15, 0.2) is 33.6 Å². The topological polar surface area (TPSA) is 26.0 Å². The third kappa shape index (κ3) is 2.14. The molecule has 0 aliphatic heterocycles. The van der Waals surface area contributed by atoms with Crippen molar-refractivity contribution < 1.29 is 4.42 Å². The summed E-state index contributed by atoms with van der Waals surface area (Å²) < 4.78 is 5.65. The van der Waals surface area contributed by atoms with Gasteiger partial charge < -0.3 is 4.42 Å². The molecular formula is C13H15NOS. The Labute approximate surface area is 100 Å². The summed E-state index contributed by atoms with van der Waals surface area (Å²) in [4.78, 5) is 5.73. The van der Waals surface area contributed by atoms with Crippen LogP contribution in [0.25, 0.3) is 11.5 Å². The molecule has 1 heterocycles. The quantitative estimate of drug-likeness (QED) is 0.751. The summed E-state index contributed by atoms with van der Waals surface area (Å²) in [5, 5.41) is 0. The predicted molar refractivity (Wildman–Crippen MR) is 67.8 cm³/mol.